The van der Waals surface area contributed by atoms with E-state index in [0.717, 1.165) is 31.6 Å². The van der Waals surface area contributed by atoms with Gasteiger partial charge >= 0.3 is 0 Å². The number of rotatable bonds is 6. The fourth-order valence-electron chi connectivity index (χ4n) is 3.12. The van der Waals surface area contributed by atoms with Crippen molar-refractivity contribution in [1.29, 1.82) is 0 Å². The molecule has 1 amide bonds. The average Bonchev–Trinajstić information content (AvgIpc) is 2.69. The molecule has 1 fully saturated rings. The Morgan fingerprint density at radius 2 is 2.07 bits per heavy atom. The second kappa shape index (κ2) is 8.59. The summed E-state index contributed by atoms with van der Waals surface area (Å²) in [6, 6.07) is 9.93. The highest BCUT2D eigenvalue weighted by Gasteiger charge is 2.21. The van der Waals surface area contributed by atoms with Crippen molar-refractivity contribution in [3.05, 3.63) is 64.0 Å². The minimum atomic E-state index is -0.477. The number of nitrogens with one attached hydrogen (secondary N) is 3. The summed E-state index contributed by atoms with van der Waals surface area (Å²) in [5.41, 5.74) is 1.29. The van der Waals surface area contributed by atoms with Crippen LogP contribution < -0.4 is 16.0 Å². The van der Waals surface area contributed by atoms with Crippen LogP contribution in [0, 0.1) is 10.1 Å². The Morgan fingerprint density at radius 3 is 2.74 bits per heavy atom. The van der Waals surface area contributed by atoms with Crippen molar-refractivity contribution in [1.82, 2.24) is 15.6 Å². The zero-order valence-electron chi connectivity index (χ0n) is 15.1. The predicted octanol–water partition coefficient (Wildman–Crippen LogP) is 2.64. The number of nitro benzene ring substituents is 1. The Bertz CT molecular complexity index is 806. The molecule has 1 saturated heterocycles. The Kier molecular flexibility index (Phi) is 5.97. The zero-order valence-corrected chi connectivity index (χ0v) is 15.1. The van der Waals surface area contributed by atoms with E-state index < -0.39 is 4.92 Å². The van der Waals surface area contributed by atoms with Crippen molar-refractivity contribution in [3.8, 4) is 0 Å². The summed E-state index contributed by atoms with van der Waals surface area (Å²) in [6.45, 7) is 3.60. The Balaban J connectivity index is 1.76. The smallest absolute Gasteiger partial charge is 0.293 e. The average molecular weight is 369 g/mol. The number of anilines is 1. The van der Waals surface area contributed by atoms with E-state index in [4.69, 9.17) is 0 Å². The molecule has 0 aliphatic carbocycles. The van der Waals surface area contributed by atoms with Crippen LogP contribution in [0.4, 0.5) is 11.4 Å². The standard InChI is InChI=1S/C19H23N5O3/c1-13(16-4-2-3-9-21-16)22-17-6-5-14(12-18(17)24(26)27)19(25)23-15-7-10-20-11-8-15/h2-6,9,12-13,15,20,22H,7-8,10-11H2,1H3,(H,23,25). The van der Waals surface area contributed by atoms with Crippen molar-refractivity contribution >= 4 is 17.3 Å². The van der Waals surface area contributed by atoms with E-state index in [1.165, 1.54) is 6.07 Å². The first kappa shape index (κ1) is 18.8. The number of hydrogen-bond acceptors (Lipinski definition) is 6. The molecule has 0 bridgehead atoms. The fraction of sp³-hybridized carbons (Fsp3) is 0.368. The van der Waals surface area contributed by atoms with Gasteiger partial charge in [0, 0.05) is 23.9 Å². The molecule has 2 aromatic rings. The van der Waals surface area contributed by atoms with Gasteiger partial charge in [0.15, 0.2) is 0 Å². The van der Waals surface area contributed by atoms with E-state index in [0.29, 0.717) is 5.69 Å². The number of pyridine rings is 1. The van der Waals surface area contributed by atoms with E-state index in [1.54, 1.807) is 18.3 Å². The van der Waals surface area contributed by atoms with Crippen LogP contribution in [0.25, 0.3) is 0 Å². The quantitative estimate of drug-likeness (QED) is 0.533. The fourth-order valence-corrected chi connectivity index (χ4v) is 3.12. The third-order valence-corrected chi connectivity index (χ3v) is 4.63. The van der Waals surface area contributed by atoms with Gasteiger partial charge in [-0.3, -0.25) is 19.9 Å². The minimum absolute atomic E-state index is 0.0970. The molecular formula is C19H23N5O3. The van der Waals surface area contributed by atoms with Gasteiger partial charge < -0.3 is 16.0 Å². The van der Waals surface area contributed by atoms with Crippen LogP contribution in [-0.4, -0.2) is 34.9 Å². The molecule has 3 N–H and O–H groups in total. The molecule has 1 aromatic carbocycles. The van der Waals surface area contributed by atoms with E-state index in [1.807, 2.05) is 25.1 Å². The number of carbonyl (C=O) groups is 1. The number of nitro groups is 1. The number of carbonyl (C=O) groups excluding carboxylic acids is 1. The first-order valence-electron chi connectivity index (χ1n) is 9.02. The number of aromatic nitrogens is 1. The van der Waals surface area contributed by atoms with Crippen LogP contribution >= 0.6 is 0 Å². The maximum absolute atomic E-state index is 12.5. The monoisotopic (exact) mass is 369 g/mol. The molecule has 1 aliphatic heterocycles. The zero-order chi connectivity index (χ0) is 19.2. The van der Waals surface area contributed by atoms with E-state index in [2.05, 4.69) is 20.9 Å². The second-order valence-electron chi connectivity index (χ2n) is 6.61. The number of nitrogens with zero attached hydrogens (tertiary/aromatic N) is 2. The van der Waals surface area contributed by atoms with Gasteiger partial charge in [0.25, 0.3) is 11.6 Å². The first-order valence-corrected chi connectivity index (χ1v) is 9.02. The molecule has 2 heterocycles. The van der Waals surface area contributed by atoms with Gasteiger partial charge in [-0.2, -0.15) is 0 Å². The third kappa shape index (κ3) is 4.79. The van der Waals surface area contributed by atoms with Crippen molar-refractivity contribution in [2.24, 2.45) is 0 Å². The lowest BCUT2D eigenvalue weighted by Crippen LogP contribution is -2.42. The van der Waals surface area contributed by atoms with Crippen LogP contribution in [0.1, 0.15) is 41.9 Å². The highest BCUT2D eigenvalue weighted by Crippen LogP contribution is 2.29. The van der Waals surface area contributed by atoms with Gasteiger partial charge in [-0.05, 0) is 57.1 Å². The van der Waals surface area contributed by atoms with Gasteiger partial charge in [-0.15, -0.1) is 0 Å². The first-order chi connectivity index (χ1) is 13.0. The summed E-state index contributed by atoms with van der Waals surface area (Å²) in [5, 5.41) is 20.8. The van der Waals surface area contributed by atoms with Crippen LogP contribution in [0.3, 0.4) is 0 Å². The summed E-state index contributed by atoms with van der Waals surface area (Å²) >= 11 is 0. The number of hydrogen-bond donors (Lipinski definition) is 3. The highest BCUT2D eigenvalue weighted by atomic mass is 16.6. The maximum Gasteiger partial charge on any atom is 0.293 e. The molecule has 1 aliphatic rings. The third-order valence-electron chi connectivity index (χ3n) is 4.63. The molecule has 1 atom stereocenters. The molecule has 1 aromatic heterocycles. The molecule has 3 rings (SSSR count). The molecule has 27 heavy (non-hydrogen) atoms. The predicted molar refractivity (Wildman–Crippen MR) is 103 cm³/mol. The lowest BCUT2D eigenvalue weighted by molar-refractivity contribution is -0.384. The van der Waals surface area contributed by atoms with Gasteiger partial charge in [-0.25, -0.2) is 0 Å². The van der Waals surface area contributed by atoms with E-state index in [-0.39, 0.29) is 29.2 Å². The summed E-state index contributed by atoms with van der Waals surface area (Å²) in [6.07, 6.45) is 3.39. The lowest BCUT2D eigenvalue weighted by atomic mass is 10.1. The number of benzene rings is 1. The maximum atomic E-state index is 12.5. The van der Waals surface area contributed by atoms with Crippen LogP contribution in [0.15, 0.2) is 42.6 Å². The Hall–Kier alpha value is -3.00. The van der Waals surface area contributed by atoms with Crippen molar-refractivity contribution in [3.63, 3.8) is 0 Å². The van der Waals surface area contributed by atoms with Crippen LogP contribution in [0.2, 0.25) is 0 Å². The molecule has 8 heteroatoms. The number of amides is 1. The molecule has 0 radical (unpaired) electrons. The van der Waals surface area contributed by atoms with Crippen molar-refractivity contribution in [2.75, 3.05) is 18.4 Å². The SMILES string of the molecule is CC(Nc1ccc(C(=O)NC2CCNCC2)cc1[N+](=O)[O-])c1ccccn1. The van der Waals surface area contributed by atoms with Crippen molar-refractivity contribution in [2.45, 2.75) is 31.8 Å². The highest BCUT2D eigenvalue weighted by molar-refractivity contribution is 5.96. The largest absolute Gasteiger partial charge is 0.371 e. The molecule has 0 saturated carbocycles. The lowest BCUT2D eigenvalue weighted by Gasteiger charge is -2.23. The summed E-state index contributed by atoms with van der Waals surface area (Å²) in [7, 11) is 0. The second-order valence-corrected chi connectivity index (χ2v) is 6.61. The molecule has 8 nitrogen and oxygen atoms in total. The van der Waals surface area contributed by atoms with Gasteiger partial charge in [0.1, 0.15) is 5.69 Å². The van der Waals surface area contributed by atoms with Crippen LogP contribution in [-0.2, 0) is 0 Å². The Labute approximate surface area is 157 Å². The molecule has 142 valence electrons. The van der Waals surface area contributed by atoms with E-state index in [9.17, 15) is 14.9 Å². The van der Waals surface area contributed by atoms with Gasteiger partial charge in [0.05, 0.1) is 16.7 Å². The molecule has 0 spiro atoms. The summed E-state index contributed by atoms with van der Waals surface area (Å²) < 4.78 is 0. The van der Waals surface area contributed by atoms with Crippen LogP contribution in [0.5, 0.6) is 0 Å². The minimum Gasteiger partial charge on any atom is -0.371 e. The normalized spacial score (nSPS) is 15.7. The Morgan fingerprint density at radius 1 is 1.30 bits per heavy atom. The van der Waals surface area contributed by atoms with Crippen molar-refractivity contribution < 1.29 is 9.72 Å². The van der Waals surface area contributed by atoms with Gasteiger partial charge in [0.2, 0.25) is 0 Å². The summed E-state index contributed by atoms with van der Waals surface area (Å²) in [5.74, 6) is -0.283. The molecule has 1 unspecified atom stereocenters. The van der Waals surface area contributed by atoms with Gasteiger partial charge in [-0.1, -0.05) is 6.07 Å². The topological polar surface area (TPSA) is 109 Å². The number of piperidine rings is 1. The molecular weight excluding hydrogens is 346 g/mol. The van der Waals surface area contributed by atoms with E-state index >= 15 is 0 Å². The summed E-state index contributed by atoms with van der Waals surface area (Å²) in [4.78, 5) is 27.8.